The average Bonchev–Trinajstić information content (AvgIpc) is 2.26. The number of rotatable bonds is 4. The molecule has 0 atom stereocenters. The first-order valence-electron chi connectivity index (χ1n) is 4.29. The van der Waals surface area contributed by atoms with Crippen LogP contribution in [0.2, 0.25) is 0 Å². The van der Waals surface area contributed by atoms with E-state index in [9.17, 15) is 8.78 Å². The van der Waals surface area contributed by atoms with Crippen LogP contribution in [0.4, 0.5) is 8.78 Å². The summed E-state index contributed by atoms with van der Waals surface area (Å²) in [5.41, 5.74) is 5.31. The Hall–Kier alpha value is -1.27. The van der Waals surface area contributed by atoms with Crippen molar-refractivity contribution in [1.82, 2.24) is 4.98 Å². The first-order valence-corrected chi connectivity index (χ1v) is 4.29. The van der Waals surface area contributed by atoms with E-state index in [-0.39, 0.29) is 29.1 Å². The van der Waals surface area contributed by atoms with Crippen LogP contribution in [-0.4, -0.2) is 17.2 Å². The summed E-state index contributed by atoms with van der Waals surface area (Å²) < 4.78 is 30.3. The van der Waals surface area contributed by atoms with Gasteiger partial charge in [0.1, 0.15) is 0 Å². The number of aliphatic hydroxyl groups excluding tert-OH is 1. The van der Waals surface area contributed by atoms with E-state index in [2.05, 4.69) is 4.98 Å². The summed E-state index contributed by atoms with van der Waals surface area (Å²) in [6.07, 6.45) is -1.54. The number of ether oxygens (including phenoxy) is 1. The molecule has 84 valence electrons. The lowest BCUT2D eigenvalue weighted by atomic mass is 10.1. The van der Waals surface area contributed by atoms with Gasteiger partial charge in [-0.3, -0.25) is 4.98 Å². The number of nitrogens with zero attached hydrogens (tertiary/aromatic N) is 1. The lowest BCUT2D eigenvalue weighted by molar-refractivity contribution is 0.142. The number of aromatic nitrogens is 1. The van der Waals surface area contributed by atoms with Gasteiger partial charge in [0.2, 0.25) is 0 Å². The molecular weight excluding hydrogens is 206 g/mol. The van der Waals surface area contributed by atoms with Gasteiger partial charge < -0.3 is 15.6 Å². The standard InChI is InChI=1S/C9H12F2N2O2/c1-15-8-6(2-12)13-3-5(4-14)7(8)9(10)11/h3,9,14H,2,4,12H2,1H3. The molecule has 0 saturated carbocycles. The lowest BCUT2D eigenvalue weighted by Crippen LogP contribution is -2.08. The molecule has 0 spiro atoms. The van der Waals surface area contributed by atoms with Crippen LogP contribution in [0.25, 0.3) is 0 Å². The first-order chi connectivity index (χ1) is 7.15. The van der Waals surface area contributed by atoms with Crippen LogP contribution in [0.5, 0.6) is 5.75 Å². The average molecular weight is 218 g/mol. The molecule has 0 saturated heterocycles. The van der Waals surface area contributed by atoms with Crippen molar-refractivity contribution >= 4 is 0 Å². The second-order valence-corrected chi connectivity index (χ2v) is 2.84. The van der Waals surface area contributed by atoms with E-state index >= 15 is 0 Å². The number of hydrogen-bond donors (Lipinski definition) is 2. The zero-order valence-electron chi connectivity index (χ0n) is 8.20. The Kier molecular flexibility index (Phi) is 3.93. The molecule has 4 nitrogen and oxygen atoms in total. The van der Waals surface area contributed by atoms with E-state index in [1.807, 2.05) is 0 Å². The van der Waals surface area contributed by atoms with Crippen molar-refractivity contribution in [1.29, 1.82) is 0 Å². The van der Waals surface area contributed by atoms with Gasteiger partial charge in [-0.25, -0.2) is 8.78 Å². The molecule has 0 amide bonds. The maximum atomic E-state index is 12.7. The topological polar surface area (TPSA) is 68.4 Å². The summed E-state index contributed by atoms with van der Waals surface area (Å²) in [6.45, 7) is -0.498. The van der Waals surface area contributed by atoms with Crippen molar-refractivity contribution in [3.05, 3.63) is 23.0 Å². The molecule has 0 radical (unpaired) electrons. The van der Waals surface area contributed by atoms with Gasteiger partial charge in [0.15, 0.2) is 5.75 Å². The van der Waals surface area contributed by atoms with Gasteiger partial charge in [-0.1, -0.05) is 0 Å². The maximum Gasteiger partial charge on any atom is 0.267 e. The first kappa shape index (κ1) is 11.8. The summed E-state index contributed by atoms with van der Waals surface area (Å²) in [7, 11) is 1.27. The molecule has 0 aromatic carbocycles. The minimum Gasteiger partial charge on any atom is -0.494 e. The van der Waals surface area contributed by atoms with Crippen LogP contribution >= 0.6 is 0 Å². The molecule has 6 heteroatoms. The van der Waals surface area contributed by atoms with Crippen molar-refractivity contribution in [2.75, 3.05) is 7.11 Å². The van der Waals surface area contributed by atoms with Crippen LogP contribution in [-0.2, 0) is 13.2 Å². The molecule has 1 aromatic rings. The number of alkyl halides is 2. The zero-order valence-corrected chi connectivity index (χ0v) is 8.20. The summed E-state index contributed by atoms with van der Waals surface area (Å²) in [5, 5.41) is 8.89. The Balaban J connectivity index is 3.37. The second kappa shape index (κ2) is 4.99. The van der Waals surface area contributed by atoms with E-state index in [1.165, 1.54) is 13.3 Å². The normalized spacial score (nSPS) is 10.8. The highest BCUT2D eigenvalue weighted by molar-refractivity contribution is 5.43. The number of methoxy groups -OCH3 is 1. The van der Waals surface area contributed by atoms with Crippen molar-refractivity contribution in [2.24, 2.45) is 5.73 Å². The van der Waals surface area contributed by atoms with Crippen LogP contribution < -0.4 is 10.5 Å². The fourth-order valence-corrected chi connectivity index (χ4v) is 1.32. The molecule has 1 rings (SSSR count). The summed E-state index contributed by atoms with van der Waals surface area (Å²) >= 11 is 0. The van der Waals surface area contributed by atoms with Gasteiger partial charge in [-0.15, -0.1) is 0 Å². The quantitative estimate of drug-likeness (QED) is 0.790. The lowest BCUT2D eigenvalue weighted by Gasteiger charge is -2.14. The van der Waals surface area contributed by atoms with Gasteiger partial charge in [0, 0.05) is 18.3 Å². The Morgan fingerprint density at radius 3 is 2.67 bits per heavy atom. The number of halogens is 2. The van der Waals surface area contributed by atoms with E-state index in [0.717, 1.165) is 0 Å². The van der Waals surface area contributed by atoms with Crippen molar-refractivity contribution in [3.8, 4) is 5.75 Å². The van der Waals surface area contributed by atoms with Gasteiger partial charge in [-0.2, -0.15) is 0 Å². The van der Waals surface area contributed by atoms with E-state index in [0.29, 0.717) is 0 Å². The fraction of sp³-hybridized carbons (Fsp3) is 0.444. The maximum absolute atomic E-state index is 12.7. The molecule has 0 unspecified atom stereocenters. The molecule has 1 aromatic heterocycles. The van der Waals surface area contributed by atoms with Crippen LogP contribution in [0, 0.1) is 0 Å². The highest BCUT2D eigenvalue weighted by atomic mass is 19.3. The van der Waals surface area contributed by atoms with Gasteiger partial charge in [0.25, 0.3) is 6.43 Å². The van der Waals surface area contributed by atoms with Crippen molar-refractivity contribution in [3.63, 3.8) is 0 Å². The van der Waals surface area contributed by atoms with Gasteiger partial charge in [-0.05, 0) is 0 Å². The molecule has 1 heterocycles. The molecule has 15 heavy (non-hydrogen) atoms. The molecule has 0 aliphatic carbocycles. The van der Waals surface area contributed by atoms with E-state index in [1.54, 1.807) is 0 Å². The Labute approximate surface area is 85.7 Å². The predicted molar refractivity (Wildman–Crippen MR) is 49.6 cm³/mol. The minimum atomic E-state index is -2.73. The molecule has 0 aliphatic rings. The monoisotopic (exact) mass is 218 g/mol. The second-order valence-electron chi connectivity index (χ2n) is 2.84. The Morgan fingerprint density at radius 2 is 2.27 bits per heavy atom. The minimum absolute atomic E-state index is 0.00853. The zero-order chi connectivity index (χ0) is 11.4. The summed E-state index contributed by atoms with van der Waals surface area (Å²) in [4.78, 5) is 3.84. The smallest absolute Gasteiger partial charge is 0.267 e. The largest absolute Gasteiger partial charge is 0.494 e. The highest BCUT2D eigenvalue weighted by Crippen LogP contribution is 2.33. The van der Waals surface area contributed by atoms with Crippen LogP contribution in [0.1, 0.15) is 23.2 Å². The number of aliphatic hydroxyl groups is 1. The van der Waals surface area contributed by atoms with Crippen LogP contribution in [0.3, 0.4) is 0 Å². The summed E-state index contributed by atoms with van der Waals surface area (Å²) in [5.74, 6) is -0.0425. The third kappa shape index (κ3) is 2.21. The van der Waals surface area contributed by atoms with E-state index in [4.69, 9.17) is 15.6 Å². The van der Waals surface area contributed by atoms with Gasteiger partial charge in [0.05, 0.1) is 25.0 Å². The third-order valence-electron chi connectivity index (χ3n) is 2.01. The molecule has 0 aliphatic heterocycles. The third-order valence-corrected chi connectivity index (χ3v) is 2.01. The van der Waals surface area contributed by atoms with Crippen molar-refractivity contribution < 1.29 is 18.6 Å². The SMILES string of the molecule is COc1c(CN)ncc(CO)c1C(F)F. The number of hydrogen-bond acceptors (Lipinski definition) is 4. The molecule has 0 fully saturated rings. The van der Waals surface area contributed by atoms with Crippen molar-refractivity contribution in [2.45, 2.75) is 19.6 Å². The highest BCUT2D eigenvalue weighted by Gasteiger charge is 2.21. The molecular formula is C9H12F2N2O2. The number of nitrogens with two attached hydrogens (primary N) is 1. The molecule has 0 bridgehead atoms. The number of pyridine rings is 1. The Morgan fingerprint density at radius 1 is 1.60 bits per heavy atom. The predicted octanol–water partition coefficient (Wildman–Crippen LogP) is 0.979. The fourth-order valence-electron chi connectivity index (χ4n) is 1.32. The van der Waals surface area contributed by atoms with Crippen LogP contribution in [0.15, 0.2) is 6.20 Å². The summed E-state index contributed by atoms with van der Waals surface area (Å²) in [6, 6.07) is 0. The Bertz CT molecular complexity index is 345. The molecule has 3 N–H and O–H groups in total. The van der Waals surface area contributed by atoms with E-state index < -0.39 is 13.0 Å². The van der Waals surface area contributed by atoms with Gasteiger partial charge >= 0.3 is 0 Å².